The van der Waals surface area contributed by atoms with Crippen LogP contribution in [-0.2, 0) is 4.79 Å². The molecule has 0 fully saturated rings. The van der Waals surface area contributed by atoms with Crippen LogP contribution < -0.4 is 25.5 Å². The Morgan fingerprint density at radius 2 is 2.00 bits per heavy atom. The molecule has 0 aliphatic rings. The van der Waals surface area contributed by atoms with Crippen LogP contribution in [0.15, 0.2) is 41.5 Å². The van der Waals surface area contributed by atoms with Gasteiger partial charge in [0.15, 0.2) is 23.2 Å². The number of carbonyl (C=O) groups excluding carboxylic acids is 1. The number of ether oxygens (including phenoxy) is 2. The zero-order valence-corrected chi connectivity index (χ0v) is 17.9. The maximum Gasteiger partial charge on any atom is 0.257 e. The second-order valence-corrected chi connectivity index (χ2v) is 6.63. The van der Waals surface area contributed by atoms with Crippen LogP contribution in [0.25, 0.3) is 0 Å². The molecule has 0 bridgehead atoms. The molecule has 0 spiro atoms. The van der Waals surface area contributed by atoms with E-state index in [1.54, 1.807) is 18.3 Å². The molecule has 3 N–H and O–H groups in total. The van der Waals surface area contributed by atoms with Crippen molar-refractivity contribution < 1.29 is 14.3 Å². The number of nitrogens with zero attached hydrogens (tertiary/aromatic N) is 1. The highest BCUT2D eigenvalue weighted by atomic mass is 32.1. The second kappa shape index (κ2) is 11.0. The number of benzene rings is 2. The second-order valence-electron chi connectivity index (χ2n) is 6.22. The van der Waals surface area contributed by atoms with Crippen molar-refractivity contribution in [1.29, 1.82) is 0 Å². The normalized spacial score (nSPS) is 10.5. The molecule has 2 rings (SSSR count). The van der Waals surface area contributed by atoms with Crippen LogP contribution in [0.2, 0.25) is 0 Å². The fraction of sp³-hybridized carbons (Fsp3) is 0.286. The zero-order chi connectivity index (χ0) is 21.2. The summed E-state index contributed by atoms with van der Waals surface area (Å²) in [7, 11) is 1.54. The van der Waals surface area contributed by atoms with Crippen LogP contribution in [-0.4, -0.2) is 37.5 Å². The van der Waals surface area contributed by atoms with Crippen molar-refractivity contribution in [2.75, 3.05) is 25.6 Å². The Balaban J connectivity index is 1.95. The number of anilines is 1. The molecule has 0 aliphatic heterocycles. The minimum atomic E-state index is -0.186. The first-order valence-corrected chi connectivity index (χ1v) is 9.59. The topological polar surface area (TPSA) is 84.0 Å². The molecular formula is C21H26N4O3S. The van der Waals surface area contributed by atoms with E-state index in [1.807, 2.05) is 45.0 Å². The lowest BCUT2D eigenvalue weighted by Crippen LogP contribution is -2.28. The Kier molecular flexibility index (Phi) is 8.42. The van der Waals surface area contributed by atoms with Crippen LogP contribution >= 0.6 is 12.2 Å². The van der Waals surface area contributed by atoms with E-state index in [0.29, 0.717) is 23.2 Å². The highest BCUT2D eigenvalue weighted by Gasteiger charge is 2.08. The minimum Gasteiger partial charge on any atom is -0.493 e. The van der Waals surface area contributed by atoms with E-state index in [9.17, 15) is 4.79 Å². The largest absolute Gasteiger partial charge is 0.493 e. The molecular weight excluding hydrogens is 388 g/mol. The molecule has 154 valence electrons. The third kappa shape index (κ3) is 6.76. The lowest BCUT2D eigenvalue weighted by Gasteiger charge is -2.12. The molecule has 2 aromatic carbocycles. The highest BCUT2D eigenvalue weighted by Crippen LogP contribution is 2.27. The van der Waals surface area contributed by atoms with Gasteiger partial charge in [-0.15, -0.1) is 0 Å². The number of aryl methyl sites for hydroxylation is 1. The smallest absolute Gasteiger partial charge is 0.257 e. The maximum atomic E-state index is 11.5. The Morgan fingerprint density at radius 1 is 1.21 bits per heavy atom. The van der Waals surface area contributed by atoms with E-state index in [4.69, 9.17) is 21.7 Å². The van der Waals surface area contributed by atoms with Crippen LogP contribution in [0.4, 0.5) is 5.69 Å². The monoisotopic (exact) mass is 414 g/mol. The first-order chi connectivity index (χ1) is 13.9. The molecule has 7 nitrogen and oxygen atoms in total. The van der Waals surface area contributed by atoms with E-state index in [0.717, 1.165) is 16.8 Å². The fourth-order valence-electron chi connectivity index (χ4n) is 2.48. The molecule has 8 heteroatoms. The predicted molar refractivity (Wildman–Crippen MR) is 120 cm³/mol. The van der Waals surface area contributed by atoms with Crippen molar-refractivity contribution >= 4 is 35.1 Å². The average molecular weight is 415 g/mol. The van der Waals surface area contributed by atoms with Crippen molar-refractivity contribution in [3.05, 3.63) is 53.1 Å². The van der Waals surface area contributed by atoms with Gasteiger partial charge in [0, 0.05) is 12.2 Å². The molecule has 0 heterocycles. The van der Waals surface area contributed by atoms with Gasteiger partial charge in [-0.1, -0.05) is 12.1 Å². The predicted octanol–water partition coefficient (Wildman–Crippen LogP) is 3.15. The number of hydrazone groups is 1. The third-order valence-electron chi connectivity index (χ3n) is 4.15. The van der Waals surface area contributed by atoms with Crippen molar-refractivity contribution in [3.63, 3.8) is 0 Å². The van der Waals surface area contributed by atoms with Gasteiger partial charge < -0.3 is 20.1 Å². The van der Waals surface area contributed by atoms with Crippen molar-refractivity contribution in [2.24, 2.45) is 5.10 Å². The van der Waals surface area contributed by atoms with E-state index in [1.165, 1.54) is 12.7 Å². The number of hydrogen-bond acceptors (Lipinski definition) is 5. The third-order valence-corrected chi connectivity index (χ3v) is 4.35. The summed E-state index contributed by atoms with van der Waals surface area (Å²) in [5.41, 5.74) is 6.84. The van der Waals surface area contributed by atoms with E-state index in [-0.39, 0.29) is 12.5 Å². The number of carbonyl (C=O) groups is 1. The average Bonchev–Trinajstić information content (AvgIpc) is 2.70. The Labute approximate surface area is 176 Å². The van der Waals surface area contributed by atoms with Crippen LogP contribution in [0.1, 0.15) is 23.6 Å². The molecule has 0 saturated heterocycles. The number of rotatable bonds is 8. The maximum absolute atomic E-state index is 11.5. The molecule has 0 atom stereocenters. The molecule has 2 aromatic rings. The summed E-state index contributed by atoms with van der Waals surface area (Å²) in [6, 6.07) is 11.3. The molecule has 0 saturated carbocycles. The fourth-order valence-corrected chi connectivity index (χ4v) is 2.64. The Hall–Kier alpha value is -3.13. The minimum absolute atomic E-state index is 0.0719. The van der Waals surface area contributed by atoms with Gasteiger partial charge in [-0.05, 0) is 73.9 Å². The summed E-state index contributed by atoms with van der Waals surface area (Å²) in [4.78, 5) is 11.5. The quantitative estimate of drug-likeness (QED) is 0.350. The first-order valence-electron chi connectivity index (χ1n) is 9.18. The van der Waals surface area contributed by atoms with Gasteiger partial charge in [0.05, 0.1) is 13.3 Å². The summed E-state index contributed by atoms with van der Waals surface area (Å²) in [6.45, 7) is 6.42. The standard InChI is InChI=1S/C21H26N4O3S/c1-5-22-20(26)13-28-18-10-9-16(11-19(18)27-4)12-23-25-21(29)24-17-8-6-7-14(2)15(17)3/h6-12H,5,13H2,1-4H3,(H,22,26)(H2,24,25,29)/b23-12-. The Bertz CT molecular complexity index is 899. The van der Waals surface area contributed by atoms with Gasteiger partial charge in [-0.25, -0.2) is 0 Å². The van der Waals surface area contributed by atoms with Gasteiger partial charge in [-0.2, -0.15) is 5.10 Å². The Morgan fingerprint density at radius 3 is 2.72 bits per heavy atom. The summed E-state index contributed by atoms with van der Waals surface area (Å²) in [5.74, 6) is 0.805. The summed E-state index contributed by atoms with van der Waals surface area (Å²) < 4.78 is 10.8. The first kappa shape index (κ1) is 22.2. The van der Waals surface area contributed by atoms with E-state index in [2.05, 4.69) is 21.2 Å². The van der Waals surface area contributed by atoms with Crippen molar-refractivity contribution in [2.45, 2.75) is 20.8 Å². The number of methoxy groups -OCH3 is 1. The molecule has 0 radical (unpaired) electrons. The molecule has 0 unspecified atom stereocenters. The number of hydrogen-bond donors (Lipinski definition) is 3. The van der Waals surface area contributed by atoms with Crippen molar-refractivity contribution in [3.8, 4) is 11.5 Å². The van der Waals surface area contributed by atoms with Gasteiger partial charge in [-0.3, -0.25) is 10.2 Å². The van der Waals surface area contributed by atoms with E-state index < -0.39 is 0 Å². The lowest BCUT2D eigenvalue weighted by molar-refractivity contribution is -0.123. The van der Waals surface area contributed by atoms with Gasteiger partial charge in [0.2, 0.25) is 0 Å². The number of likely N-dealkylation sites (N-methyl/N-ethyl adjacent to an activating group) is 1. The van der Waals surface area contributed by atoms with Gasteiger partial charge in [0.1, 0.15) is 0 Å². The summed E-state index contributed by atoms with van der Waals surface area (Å²) >= 11 is 5.29. The number of nitrogens with one attached hydrogen (secondary N) is 3. The van der Waals surface area contributed by atoms with Gasteiger partial charge >= 0.3 is 0 Å². The van der Waals surface area contributed by atoms with Crippen LogP contribution in [0.3, 0.4) is 0 Å². The van der Waals surface area contributed by atoms with Gasteiger partial charge in [0.25, 0.3) is 5.91 Å². The number of thiocarbonyl (C=S) groups is 1. The number of amides is 1. The summed E-state index contributed by atoms with van der Waals surface area (Å²) in [5, 5.41) is 10.4. The SMILES string of the molecule is CCNC(=O)COc1ccc(/C=N\NC(=S)Nc2cccc(C)c2C)cc1OC. The van der Waals surface area contributed by atoms with Crippen LogP contribution in [0.5, 0.6) is 11.5 Å². The highest BCUT2D eigenvalue weighted by molar-refractivity contribution is 7.80. The zero-order valence-electron chi connectivity index (χ0n) is 17.0. The molecule has 1 amide bonds. The summed E-state index contributed by atoms with van der Waals surface area (Å²) in [6.07, 6.45) is 1.62. The lowest BCUT2D eigenvalue weighted by atomic mass is 10.1. The molecule has 0 aromatic heterocycles. The van der Waals surface area contributed by atoms with Crippen molar-refractivity contribution in [1.82, 2.24) is 10.7 Å². The molecule has 0 aliphatic carbocycles. The van der Waals surface area contributed by atoms with Crippen LogP contribution in [0, 0.1) is 13.8 Å². The molecule has 29 heavy (non-hydrogen) atoms. The van der Waals surface area contributed by atoms with E-state index >= 15 is 0 Å².